The molecule has 0 radical (unpaired) electrons. The van der Waals surface area contributed by atoms with Crippen molar-refractivity contribution >= 4 is 35.3 Å². The van der Waals surface area contributed by atoms with Crippen LogP contribution in [0.5, 0.6) is 5.75 Å². The van der Waals surface area contributed by atoms with Gasteiger partial charge in [0, 0.05) is 6.07 Å². The predicted molar refractivity (Wildman–Crippen MR) is 99.6 cm³/mol. The lowest BCUT2D eigenvalue weighted by Crippen LogP contribution is -2.54. The third kappa shape index (κ3) is 3.32. The number of benzene rings is 2. The highest BCUT2D eigenvalue weighted by molar-refractivity contribution is 6.39. The van der Waals surface area contributed by atoms with E-state index < -0.39 is 34.2 Å². The Balaban J connectivity index is 2.07. The van der Waals surface area contributed by atoms with Gasteiger partial charge in [0.05, 0.1) is 10.6 Å². The predicted octanol–water partition coefficient (Wildman–Crippen LogP) is 2.53. The quantitative estimate of drug-likeness (QED) is 0.362. The molecular weight excluding hydrogens is 366 g/mol. The van der Waals surface area contributed by atoms with E-state index in [-0.39, 0.29) is 11.1 Å². The molecule has 0 saturated carbocycles. The van der Waals surface area contributed by atoms with Gasteiger partial charge in [-0.05, 0) is 35.8 Å². The topological polar surface area (TPSA) is 130 Å². The van der Waals surface area contributed by atoms with Crippen molar-refractivity contribution in [2.75, 3.05) is 4.90 Å². The molecule has 2 aromatic carbocycles. The minimum Gasteiger partial charge on any atom is -0.502 e. The number of carbonyl (C=O) groups excluding carboxylic acids is 3. The summed E-state index contributed by atoms with van der Waals surface area (Å²) >= 11 is 0. The minimum atomic E-state index is -0.907. The first kappa shape index (κ1) is 18.8. The number of phenols is 1. The molecule has 1 heterocycles. The first-order valence-corrected chi connectivity index (χ1v) is 8.30. The molecule has 4 amide bonds. The van der Waals surface area contributed by atoms with Crippen molar-refractivity contribution in [3.8, 4) is 5.75 Å². The lowest BCUT2D eigenvalue weighted by molar-refractivity contribution is -0.385. The molecule has 0 spiro atoms. The second kappa shape index (κ2) is 7.31. The number of nitrogens with zero attached hydrogens (tertiary/aromatic N) is 2. The van der Waals surface area contributed by atoms with Gasteiger partial charge in [-0.2, -0.15) is 0 Å². The van der Waals surface area contributed by atoms with Crippen LogP contribution in [0, 0.1) is 10.1 Å². The van der Waals surface area contributed by atoms with Gasteiger partial charge < -0.3 is 5.11 Å². The van der Waals surface area contributed by atoms with Crippen LogP contribution in [0.4, 0.5) is 16.2 Å². The number of aryl methyl sites for hydroxylation is 1. The SMILES string of the molecule is CCc1ccccc1N1C(=O)NC(=O)/C(=C\c2ccc(O)c([N+](=O)[O-])c2)C1=O. The number of urea groups is 1. The Kier molecular flexibility index (Phi) is 4.90. The monoisotopic (exact) mass is 381 g/mol. The fourth-order valence-electron chi connectivity index (χ4n) is 2.85. The maximum Gasteiger partial charge on any atom is 0.335 e. The first-order chi connectivity index (χ1) is 13.3. The molecule has 0 aromatic heterocycles. The summed E-state index contributed by atoms with van der Waals surface area (Å²) in [4.78, 5) is 48.4. The van der Waals surface area contributed by atoms with Gasteiger partial charge in [-0.3, -0.25) is 25.0 Å². The van der Waals surface area contributed by atoms with E-state index in [1.165, 1.54) is 6.07 Å². The smallest absolute Gasteiger partial charge is 0.335 e. The second-order valence-corrected chi connectivity index (χ2v) is 5.95. The molecule has 28 heavy (non-hydrogen) atoms. The molecule has 0 unspecified atom stereocenters. The molecule has 1 aliphatic heterocycles. The largest absolute Gasteiger partial charge is 0.502 e. The molecule has 2 aromatic rings. The number of imide groups is 2. The van der Waals surface area contributed by atoms with Gasteiger partial charge in [0.25, 0.3) is 11.8 Å². The summed E-state index contributed by atoms with van der Waals surface area (Å²) in [7, 11) is 0. The van der Waals surface area contributed by atoms with E-state index in [1.54, 1.807) is 24.3 Å². The Morgan fingerprint density at radius 1 is 1.18 bits per heavy atom. The molecule has 9 nitrogen and oxygen atoms in total. The van der Waals surface area contributed by atoms with Crippen LogP contribution in [0.2, 0.25) is 0 Å². The molecule has 1 aliphatic rings. The molecule has 0 atom stereocenters. The van der Waals surface area contributed by atoms with Crippen molar-refractivity contribution in [1.29, 1.82) is 0 Å². The van der Waals surface area contributed by atoms with Crippen molar-refractivity contribution in [2.45, 2.75) is 13.3 Å². The summed E-state index contributed by atoms with van der Waals surface area (Å²) in [6.07, 6.45) is 1.70. The third-order valence-electron chi connectivity index (χ3n) is 4.22. The molecule has 2 N–H and O–H groups in total. The Hall–Kier alpha value is -4.01. The summed E-state index contributed by atoms with van der Waals surface area (Å²) in [5.74, 6) is -2.29. The Morgan fingerprint density at radius 2 is 1.89 bits per heavy atom. The maximum atomic E-state index is 12.9. The zero-order valence-electron chi connectivity index (χ0n) is 14.7. The number of barbiturate groups is 1. The number of aromatic hydroxyl groups is 1. The van der Waals surface area contributed by atoms with Crippen LogP contribution in [0.1, 0.15) is 18.1 Å². The number of nitrogens with one attached hydrogen (secondary N) is 1. The van der Waals surface area contributed by atoms with Crippen LogP contribution >= 0.6 is 0 Å². The molecule has 1 fully saturated rings. The van der Waals surface area contributed by atoms with Gasteiger partial charge in [0.2, 0.25) is 0 Å². The van der Waals surface area contributed by atoms with E-state index in [1.807, 2.05) is 6.92 Å². The Morgan fingerprint density at radius 3 is 2.57 bits per heavy atom. The Labute approximate surface area is 159 Å². The van der Waals surface area contributed by atoms with E-state index in [0.29, 0.717) is 12.1 Å². The van der Waals surface area contributed by atoms with Crippen LogP contribution in [0.15, 0.2) is 48.0 Å². The fourth-order valence-corrected chi connectivity index (χ4v) is 2.85. The molecule has 142 valence electrons. The number of nitro benzene ring substituents is 1. The van der Waals surface area contributed by atoms with Crippen molar-refractivity contribution in [1.82, 2.24) is 5.32 Å². The molecule has 9 heteroatoms. The van der Waals surface area contributed by atoms with Crippen molar-refractivity contribution < 1.29 is 24.4 Å². The average Bonchev–Trinajstić information content (AvgIpc) is 2.66. The summed E-state index contributed by atoms with van der Waals surface area (Å²) in [5, 5.41) is 22.6. The van der Waals surface area contributed by atoms with E-state index in [4.69, 9.17) is 0 Å². The second-order valence-electron chi connectivity index (χ2n) is 5.95. The highest BCUT2D eigenvalue weighted by Gasteiger charge is 2.37. The molecular formula is C19H15N3O6. The zero-order chi connectivity index (χ0) is 20.4. The van der Waals surface area contributed by atoms with Gasteiger partial charge in [-0.1, -0.05) is 31.2 Å². The fraction of sp³-hybridized carbons (Fsp3) is 0.105. The number of anilines is 1. The minimum absolute atomic E-state index is 0.154. The summed E-state index contributed by atoms with van der Waals surface area (Å²) in [6, 6.07) is 9.36. The number of amides is 4. The molecule has 0 aliphatic carbocycles. The number of rotatable bonds is 4. The number of hydrogen-bond acceptors (Lipinski definition) is 6. The van der Waals surface area contributed by atoms with Crippen LogP contribution in [-0.4, -0.2) is 27.9 Å². The van der Waals surface area contributed by atoms with Crippen LogP contribution in [0.3, 0.4) is 0 Å². The summed E-state index contributed by atoms with van der Waals surface area (Å²) < 4.78 is 0. The van der Waals surface area contributed by atoms with Gasteiger partial charge in [0.1, 0.15) is 5.57 Å². The van der Waals surface area contributed by atoms with Crippen LogP contribution in [0.25, 0.3) is 6.08 Å². The van der Waals surface area contributed by atoms with E-state index >= 15 is 0 Å². The first-order valence-electron chi connectivity index (χ1n) is 8.30. The summed E-state index contributed by atoms with van der Waals surface area (Å²) in [6.45, 7) is 1.86. The molecule has 3 rings (SSSR count). The standard InChI is InChI=1S/C19H15N3O6/c1-2-12-5-3-4-6-14(12)21-18(25)13(17(24)20-19(21)26)9-11-7-8-16(23)15(10-11)22(27)28/h3-10,23H,2H2,1H3,(H,20,24,26)/b13-9+. The van der Waals surface area contributed by atoms with E-state index in [2.05, 4.69) is 5.32 Å². The highest BCUT2D eigenvalue weighted by Crippen LogP contribution is 2.29. The zero-order valence-corrected chi connectivity index (χ0v) is 14.7. The third-order valence-corrected chi connectivity index (χ3v) is 4.22. The van der Waals surface area contributed by atoms with Crippen molar-refractivity contribution in [3.63, 3.8) is 0 Å². The lowest BCUT2D eigenvalue weighted by Gasteiger charge is -2.27. The number of hydrogen-bond donors (Lipinski definition) is 2. The number of phenolic OH excluding ortho intramolecular Hbond substituents is 1. The highest BCUT2D eigenvalue weighted by atomic mass is 16.6. The van der Waals surface area contributed by atoms with Gasteiger partial charge in [-0.15, -0.1) is 0 Å². The Bertz CT molecular complexity index is 1040. The number of carbonyl (C=O) groups is 3. The van der Waals surface area contributed by atoms with Crippen LogP contribution < -0.4 is 10.2 Å². The molecule has 0 bridgehead atoms. The molecule has 1 saturated heterocycles. The van der Waals surface area contributed by atoms with Gasteiger partial charge >= 0.3 is 11.7 Å². The van der Waals surface area contributed by atoms with Gasteiger partial charge in [-0.25, -0.2) is 9.69 Å². The van der Waals surface area contributed by atoms with E-state index in [0.717, 1.165) is 28.7 Å². The van der Waals surface area contributed by atoms with Gasteiger partial charge in [0.15, 0.2) is 5.75 Å². The normalized spacial score (nSPS) is 15.7. The van der Waals surface area contributed by atoms with Crippen molar-refractivity contribution in [2.24, 2.45) is 0 Å². The van der Waals surface area contributed by atoms with Crippen molar-refractivity contribution in [3.05, 3.63) is 69.3 Å². The summed E-state index contributed by atoms with van der Waals surface area (Å²) in [5.41, 5.74) is 0.316. The maximum absolute atomic E-state index is 12.9. The lowest BCUT2D eigenvalue weighted by atomic mass is 10.0. The number of para-hydroxylation sites is 1. The number of nitro groups is 1. The van der Waals surface area contributed by atoms with E-state index in [9.17, 15) is 29.6 Å². The average molecular weight is 381 g/mol. The van der Waals surface area contributed by atoms with Crippen LogP contribution in [-0.2, 0) is 16.0 Å².